The third-order valence-electron chi connectivity index (χ3n) is 4.40. The molecule has 8 heteroatoms. The third kappa shape index (κ3) is 4.63. The van der Waals surface area contributed by atoms with Crippen molar-refractivity contribution in [1.29, 1.82) is 0 Å². The molecule has 148 valence electrons. The number of carbonyl (C=O) groups excluding carboxylic acids is 2. The lowest BCUT2D eigenvalue weighted by atomic mass is 10.2. The van der Waals surface area contributed by atoms with Crippen molar-refractivity contribution in [2.24, 2.45) is 0 Å². The molecule has 0 fully saturated rings. The van der Waals surface area contributed by atoms with Crippen molar-refractivity contribution in [3.05, 3.63) is 52.5 Å². The molecular weight excluding hydrogens is 417 g/mol. The van der Waals surface area contributed by atoms with Gasteiger partial charge in [-0.3, -0.25) is 9.59 Å². The minimum Gasteiger partial charge on any atom is -0.308 e. The molecule has 3 rings (SSSR count). The van der Waals surface area contributed by atoms with E-state index in [-0.39, 0.29) is 18.4 Å². The predicted octanol–water partition coefficient (Wildman–Crippen LogP) is 4.03. The van der Waals surface area contributed by atoms with E-state index in [1.165, 1.54) is 11.8 Å². The molecule has 0 radical (unpaired) electrons. The van der Waals surface area contributed by atoms with Gasteiger partial charge in [-0.1, -0.05) is 41.4 Å². The Hall–Kier alpha value is -1.73. The molecule has 0 spiro atoms. The molecule has 0 saturated carbocycles. The number of anilines is 2. The van der Waals surface area contributed by atoms with E-state index in [0.29, 0.717) is 34.6 Å². The van der Waals surface area contributed by atoms with Crippen LogP contribution in [-0.2, 0) is 9.59 Å². The number of hydrogen-bond acceptors (Lipinski definition) is 4. The molecule has 1 aliphatic heterocycles. The van der Waals surface area contributed by atoms with Crippen molar-refractivity contribution in [1.82, 2.24) is 4.90 Å². The summed E-state index contributed by atoms with van der Waals surface area (Å²) in [6, 6.07) is 12.8. The molecule has 2 aromatic carbocycles. The first kappa shape index (κ1) is 21.0. The minimum atomic E-state index is -0.207. The van der Waals surface area contributed by atoms with Gasteiger partial charge in [0.2, 0.25) is 11.8 Å². The number of carbonyl (C=O) groups is 2. The van der Waals surface area contributed by atoms with Crippen LogP contribution >= 0.6 is 35.0 Å². The molecule has 0 unspecified atom stereocenters. The molecule has 2 aromatic rings. The second-order valence-electron chi connectivity index (χ2n) is 6.66. The quantitative estimate of drug-likeness (QED) is 0.683. The van der Waals surface area contributed by atoms with Gasteiger partial charge >= 0.3 is 0 Å². The summed E-state index contributed by atoms with van der Waals surface area (Å²) in [4.78, 5) is 31.9. The Morgan fingerprint density at radius 2 is 1.86 bits per heavy atom. The highest BCUT2D eigenvalue weighted by Crippen LogP contribution is 2.36. The Bertz CT molecular complexity index is 892. The van der Waals surface area contributed by atoms with Gasteiger partial charge in [-0.15, -0.1) is 11.8 Å². The zero-order valence-corrected chi connectivity index (χ0v) is 18.0. The standard InChI is InChI=1S/C20H21Cl2N3O2S/c1-23(2)10-11-24(16-8-5-6-14(21)20(16)22)18(26)12-25-15-7-3-4-9-17(15)28-13-19(25)27/h3-9H,10-13H2,1-2H3. The summed E-state index contributed by atoms with van der Waals surface area (Å²) in [5.74, 6) is 0.0303. The SMILES string of the molecule is CN(C)CCN(C(=O)CN1C(=O)CSc2ccccc21)c1cccc(Cl)c1Cl. The van der Waals surface area contributed by atoms with Crippen LogP contribution in [0.15, 0.2) is 47.4 Å². The average Bonchev–Trinajstić information content (AvgIpc) is 2.67. The Morgan fingerprint density at radius 1 is 1.11 bits per heavy atom. The largest absolute Gasteiger partial charge is 0.308 e. The maximum absolute atomic E-state index is 13.2. The fourth-order valence-corrected chi connectivity index (χ4v) is 4.26. The van der Waals surface area contributed by atoms with Gasteiger partial charge in [-0.25, -0.2) is 0 Å². The summed E-state index contributed by atoms with van der Waals surface area (Å²) >= 11 is 14.0. The maximum atomic E-state index is 13.2. The molecule has 0 aliphatic carbocycles. The highest BCUT2D eigenvalue weighted by molar-refractivity contribution is 8.00. The van der Waals surface area contributed by atoms with E-state index in [1.807, 2.05) is 43.3 Å². The lowest BCUT2D eigenvalue weighted by Gasteiger charge is -2.32. The molecule has 2 amide bonds. The summed E-state index contributed by atoms with van der Waals surface area (Å²) in [6.45, 7) is 1.03. The zero-order valence-electron chi connectivity index (χ0n) is 15.7. The number of nitrogens with zero attached hydrogens (tertiary/aromatic N) is 3. The molecule has 0 aromatic heterocycles. The van der Waals surface area contributed by atoms with Crippen LogP contribution in [-0.4, -0.2) is 56.2 Å². The summed E-state index contributed by atoms with van der Waals surface area (Å²) in [6.07, 6.45) is 0. The van der Waals surface area contributed by atoms with Crippen molar-refractivity contribution in [2.75, 3.05) is 49.3 Å². The molecule has 1 aliphatic rings. The summed E-state index contributed by atoms with van der Waals surface area (Å²) in [7, 11) is 3.87. The van der Waals surface area contributed by atoms with Crippen molar-refractivity contribution >= 4 is 58.2 Å². The molecule has 0 saturated heterocycles. The van der Waals surface area contributed by atoms with Crippen LogP contribution < -0.4 is 9.80 Å². The number of likely N-dealkylation sites (N-methyl/N-ethyl adjacent to an activating group) is 1. The van der Waals surface area contributed by atoms with Crippen molar-refractivity contribution in [2.45, 2.75) is 4.90 Å². The number of thioether (sulfide) groups is 1. The molecule has 0 atom stereocenters. The van der Waals surface area contributed by atoms with Crippen LogP contribution in [0.25, 0.3) is 0 Å². The van der Waals surface area contributed by atoms with E-state index in [9.17, 15) is 9.59 Å². The number of benzene rings is 2. The van der Waals surface area contributed by atoms with Gasteiger partial charge in [0.15, 0.2) is 0 Å². The van der Waals surface area contributed by atoms with E-state index in [4.69, 9.17) is 23.2 Å². The highest BCUT2D eigenvalue weighted by atomic mass is 35.5. The van der Waals surface area contributed by atoms with Crippen LogP contribution in [0.2, 0.25) is 10.0 Å². The van der Waals surface area contributed by atoms with E-state index >= 15 is 0 Å². The van der Waals surface area contributed by atoms with Crippen LogP contribution in [0.4, 0.5) is 11.4 Å². The second kappa shape index (κ2) is 9.18. The van der Waals surface area contributed by atoms with Crippen molar-refractivity contribution < 1.29 is 9.59 Å². The molecular formula is C20H21Cl2N3O2S. The van der Waals surface area contributed by atoms with Gasteiger partial charge in [0.25, 0.3) is 0 Å². The summed E-state index contributed by atoms with van der Waals surface area (Å²) < 4.78 is 0. The molecule has 0 N–H and O–H groups in total. The molecule has 1 heterocycles. The fraction of sp³-hybridized carbons (Fsp3) is 0.300. The first-order chi connectivity index (χ1) is 13.4. The lowest BCUT2D eigenvalue weighted by molar-refractivity contribution is -0.121. The third-order valence-corrected chi connectivity index (χ3v) is 6.25. The molecule has 0 bridgehead atoms. The Morgan fingerprint density at radius 3 is 2.61 bits per heavy atom. The first-order valence-corrected chi connectivity index (χ1v) is 10.5. The summed E-state index contributed by atoms with van der Waals surface area (Å²) in [5.41, 5.74) is 1.31. The van der Waals surface area contributed by atoms with E-state index < -0.39 is 0 Å². The Balaban J connectivity index is 1.89. The van der Waals surface area contributed by atoms with Gasteiger partial charge in [0.05, 0.1) is 27.2 Å². The topological polar surface area (TPSA) is 43.9 Å². The highest BCUT2D eigenvalue weighted by Gasteiger charge is 2.29. The van der Waals surface area contributed by atoms with E-state index in [2.05, 4.69) is 0 Å². The smallest absolute Gasteiger partial charge is 0.247 e. The normalized spacial score (nSPS) is 13.6. The monoisotopic (exact) mass is 437 g/mol. The minimum absolute atomic E-state index is 0.0489. The van der Waals surface area contributed by atoms with Gasteiger partial charge in [0, 0.05) is 18.0 Å². The average molecular weight is 438 g/mol. The number of para-hydroxylation sites is 1. The predicted molar refractivity (Wildman–Crippen MR) is 117 cm³/mol. The zero-order chi connectivity index (χ0) is 20.3. The van der Waals surface area contributed by atoms with Crippen molar-refractivity contribution in [3.8, 4) is 0 Å². The maximum Gasteiger partial charge on any atom is 0.247 e. The first-order valence-electron chi connectivity index (χ1n) is 8.80. The number of halogens is 2. The second-order valence-corrected chi connectivity index (χ2v) is 8.46. The van der Waals surface area contributed by atoms with Gasteiger partial charge in [-0.2, -0.15) is 0 Å². The van der Waals surface area contributed by atoms with Crippen LogP contribution in [0, 0.1) is 0 Å². The van der Waals surface area contributed by atoms with Gasteiger partial charge in [0.1, 0.15) is 6.54 Å². The van der Waals surface area contributed by atoms with Crippen LogP contribution in [0.3, 0.4) is 0 Å². The van der Waals surface area contributed by atoms with Gasteiger partial charge < -0.3 is 14.7 Å². The number of fused-ring (bicyclic) bond motifs is 1. The number of rotatable bonds is 6. The lowest BCUT2D eigenvalue weighted by Crippen LogP contribution is -2.46. The Kier molecular flexibility index (Phi) is 6.88. The van der Waals surface area contributed by atoms with Crippen LogP contribution in [0.5, 0.6) is 0 Å². The number of amides is 2. The van der Waals surface area contributed by atoms with E-state index in [0.717, 1.165) is 10.6 Å². The summed E-state index contributed by atoms with van der Waals surface area (Å²) in [5, 5.41) is 0.717. The fourth-order valence-electron chi connectivity index (χ4n) is 2.93. The molecule has 5 nitrogen and oxygen atoms in total. The van der Waals surface area contributed by atoms with Gasteiger partial charge in [-0.05, 0) is 38.4 Å². The van der Waals surface area contributed by atoms with Crippen molar-refractivity contribution in [3.63, 3.8) is 0 Å². The van der Waals surface area contributed by atoms with E-state index in [1.54, 1.807) is 28.0 Å². The Labute approximate surface area is 179 Å². The molecule has 28 heavy (non-hydrogen) atoms. The number of hydrogen-bond donors (Lipinski definition) is 0. The van der Waals surface area contributed by atoms with Crippen LogP contribution in [0.1, 0.15) is 0 Å².